The van der Waals surface area contributed by atoms with Gasteiger partial charge in [-0.05, 0) is 31.4 Å². The second kappa shape index (κ2) is 4.73. The lowest BCUT2D eigenvalue weighted by atomic mass is 9.76. The van der Waals surface area contributed by atoms with Crippen LogP contribution >= 0.6 is 0 Å². The van der Waals surface area contributed by atoms with Crippen molar-refractivity contribution in [3.63, 3.8) is 0 Å². The normalized spacial score (nSPS) is 19.0. The first-order valence-corrected chi connectivity index (χ1v) is 6.06. The number of hydrogen-bond donors (Lipinski definition) is 1. The van der Waals surface area contributed by atoms with Crippen LogP contribution in [0.2, 0.25) is 0 Å². The Morgan fingerprint density at radius 1 is 1.41 bits per heavy atom. The molecular weight excluding hydrogens is 216 g/mol. The van der Waals surface area contributed by atoms with Gasteiger partial charge < -0.3 is 10.0 Å². The van der Waals surface area contributed by atoms with Crippen molar-refractivity contribution in [2.75, 3.05) is 18.0 Å². The minimum absolute atomic E-state index is 0.510. The van der Waals surface area contributed by atoms with Crippen LogP contribution in [0, 0.1) is 5.41 Å². The fraction of sp³-hybridized carbons (Fsp3) is 0.538. The van der Waals surface area contributed by atoms with Gasteiger partial charge in [0.25, 0.3) is 0 Å². The SMILES string of the molecule is CCC1(C(=O)O)CCN(c2ccncc2)CC1. The number of nitrogens with zero attached hydrogens (tertiary/aromatic N) is 2. The third kappa shape index (κ3) is 2.25. The van der Waals surface area contributed by atoms with E-state index in [-0.39, 0.29) is 0 Å². The highest BCUT2D eigenvalue weighted by molar-refractivity contribution is 5.75. The maximum atomic E-state index is 11.3. The minimum atomic E-state index is -0.644. The molecule has 2 rings (SSSR count). The summed E-state index contributed by atoms with van der Waals surface area (Å²) < 4.78 is 0. The number of aromatic nitrogens is 1. The Balaban J connectivity index is 2.05. The highest BCUT2D eigenvalue weighted by Gasteiger charge is 2.39. The topological polar surface area (TPSA) is 53.4 Å². The maximum Gasteiger partial charge on any atom is 0.309 e. The molecule has 0 aromatic carbocycles. The zero-order valence-corrected chi connectivity index (χ0v) is 10.1. The lowest BCUT2D eigenvalue weighted by molar-refractivity contribution is -0.150. The van der Waals surface area contributed by atoms with Crippen LogP contribution in [0.25, 0.3) is 0 Å². The summed E-state index contributed by atoms with van der Waals surface area (Å²) in [5, 5.41) is 9.32. The van der Waals surface area contributed by atoms with Gasteiger partial charge in [0.05, 0.1) is 5.41 Å². The molecule has 4 heteroatoms. The number of anilines is 1. The van der Waals surface area contributed by atoms with Gasteiger partial charge in [0.2, 0.25) is 0 Å². The van der Waals surface area contributed by atoms with Gasteiger partial charge in [-0.3, -0.25) is 9.78 Å². The van der Waals surface area contributed by atoms with Crippen molar-refractivity contribution >= 4 is 11.7 Å². The molecule has 1 aromatic heterocycles. The van der Waals surface area contributed by atoms with Crippen LogP contribution in [0.1, 0.15) is 26.2 Å². The van der Waals surface area contributed by atoms with Crippen LogP contribution in [0.15, 0.2) is 24.5 Å². The van der Waals surface area contributed by atoms with Crippen molar-refractivity contribution < 1.29 is 9.90 Å². The van der Waals surface area contributed by atoms with E-state index in [2.05, 4.69) is 9.88 Å². The Kier molecular flexibility index (Phi) is 3.31. The molecular formula is C13H18N2O2. The van der Waals surface area contributed by atoms with Gasteiger partial charge in [0, 0.05) is 31.2 Å². The lowest BCUT2D eigenvalue weighted by Gasteiger charge is -2.39. The van der Waals surface area contributed by atoms with E-state index >= 15 is 0 Å². The van der Waals surface area contributed by atoms with Crippen LogP contribution in [0.3, 0.4) is 0 Å². The second-order valence-corrected chi connectivity index (χ2v) is 4.63. The highest BCUT2D eigenvalue weighted by Crippen LogP contribution is 2.36. The van der Waals surface area contributed by atoms with Crippen LogP contribution in [0.5, 0.6) is 0 Å². The van der Waals surface area contributed by atoms with Crippen LogP contribution in [-0.2, 0) is 4.79 Å². The Morgan fingerprint density at radius 3 is 2.47 bits per heavy atom. The molecule has 0 bridgehead atoms. The quantitative estimate of drug-likeness (QED) is 0.870. The number of rotatable bonds is 3. The first kappa shape index (κ1) is 11.9. The summed E-state index contributed by atoms with van der Waals surface area (Å²) in [6, 6.07) is 3.94. The second-order valence-electron chi connectivity index (χ2n) is 4.63. The van der Waals surface area contributed by atoms with E-state index in [1.807, 2.05) is 19.1 Å². The Morgan fingerprint density at radius 2 is 2.00 bits per heavy atom. The number of carboxylic acids is 1. The van der Waals surface area contributed by atoms with Gasteiger partial charge in [-0.25, -0.2) is 0 Å². The number of hydrogen-bond acceptors (Lipinski definition) is 3. The van der Waals surface area contributed by atoms with Gasteiger partial charge in [-0.1, -0.05) is 6.92 Å². The summed E-state index contributed by atoms with van der Waals surface area (Å²) in [6.45, 7) is 3.59. The largest absolute Gasteiger partial charge is 0.481 e. The molecule has 2 heterocycles. The van der Waals surface area contributed by atoms with E-state index in [0.717, 1.165) is 31.6 Å². The number of piperidine rings is 1. The van der Waals surface area contributed by atoms with Gasteiger partial charge in [0.15, 0.2) is 0 Å². The zero-order valence-electron chi connectivity index (χ0n) is 10.1. The summed E-state index contributed by atoms with van der Waals surface area (Å²) in [5.74, 6) is -0.644. The molecule has 1 aliphatic heterocycles. The van der Waals surface area contributed by atoms with E-state index in [4.69, 9.17) is 0 Å². The molecule has 1 aliphatic rings. The van der Waals surface area contributed by atoms with E-state index in [1.165, 1.54) is 0 Å². The predicted molar refractivity (Wildman–Crippen MR) is 66.0 cm³/mol. The summed E-state index contributed by atoms with van der Waals surface area (Å²) in [6.07, 6.45) is 5.71. The molecule has 0 spiro atoms. The van der Waals surface area contributed by atoms with E-state index in [1.54, 1.807) is 12.4 Å². The number of carbonyl (C=O) groups is 1. The highest BCUT2D eigenvalue weighted by atomic mass is 16.4. The monoisotopic (exact) mass is 234 g/mol. The van der Waals surface area contributed by atoms with Crippen molar-refractivity contribution in [1.82, 2.24) is 4.98 Å². The Hall–Kier alpha value is -1.58. The summed E-state index contributed by atoms with van der Waals surface area (Å²) in [4.78, 5) is 17.5. The van der Waals surface area contributed by atoms with Crippen LogP contribution < -0.4 is 4.90 Å². The van der Waals surface area contributed by atoms with E-state index in [0.29, 0.717) is 6.42 Å². The van der Waals surface area contributed by atoms with Crippen LogP contribution in [-0.4, -0.2) is 29.1 Å². The Bertz CT molecular complexity index is 384. The Labute approximate surface area is 101 Å². The zero-order chi connectivity index (χ0) is 12.3. The van der Waals surface area contributed by atoms with Crippen molar-refractivity contribution in [1.29, 1.82) is 0 Å². The van der Waals surface area contributed by atoms with E-state index < -0.39 is 11.4 Å². The average molecular weight is 234 g/mol. The molecule has 0 atom stereocenters. The number of carboxylic acid groups (broad SMARTS) is 1. The van der Waals surface area contributed by atoms with Crippen molar-refractivity contribution in [2.45, 2.75) is 26.2 Å². The van der Waals surface area contributed by atoms with E-state index in [9.17, 15) is 9.90 Å². The molecule has 92 valence electrons. The van der Waals surface area contributed by atoms with Crippen molar-refractivity contribution in [3.05, 3.63) is 24.5 Å². The molecule has 1 saturated heterocycles. The molecule has 0 unspecified atom stereocenters. The number of pyridine rings is 1. The smallest absolute Gasteiger partial charge is 0.309 e. The van der Waals surface area contributed by atoms with Crippen LogP contribution in [0.4, 0.5) is 5.69 Å². The van der Waals surface area contributed by atoms with Gasteiger partial charge in [-0.2, -0.15) is 0 Å². The first-order valence-electron chi connectivity index (χ1n) is 6.06. The fourth-order valence-corrected chi connectivity index (χ4v) is 2.47. The molecule has 0 radical (unpaired) electrons. The van der Waals surface area contributed by atoms with Gasteiger partial charge in [-0.15, -0.1) is 0 Å². The third-order valence-corrected chi connectivity index (χ3v) is 3.88. The first-order chi connectivity index (χ1) is 8.18. The molecule has 0 amide bonds. The van der Waals surface area contributed by atoms with Gasteiger partial charge in [0.1, 0.15) is 0 Å². The molecule has 1 aromatic rings. The summed E-state index contributed by atoms with van der Waals surface area (Å²) in [7, 11) is 0. The molecule has 0 saturated carbocycles. The molecule has 17 heavy (non-hydrogen) atoms. The van der Waals surface area contributed by atoms with Gasteiger partial charge >= 0.3 is 5.97 Å². The summed E-state index contributed by atoms with van der Waals surface area (Å²) in [5.41, 5.74) is 0.624. The summed E-state index contributed by atoms with van der Waals surface area (Å²) >= 11 is 0. The molecule has 1 N–H and O–H groups in total. The molecule has 1 fully saturated rings. The standard InChI is InChI=1S/C13H18N2O2/c1-2-13(12(16)17)5-9-15(10-6-13)11-3-7-14-8-4-11/h3-4,7-8H,2,5-6,9-10H2,1H3,(H,16,17). The predicted octanol–water partition coefficient (Wildman–Crippen LogP) is 2.16. The molecule has 0 aliphatic carbocycles. The van der Waals surface area contributed by atoms with Crippen molar-refractivity contribution in [2.24, 2.45) is 5.41 Å². The lowest BCUT2D eigenvalue weighted by Crippen LogP contribution is -2.44. The average Bonchev–Trinajstić information content (AvgIpc) is 2.39. The molecule has 4 nitrogen and oxygen atoms in total. The van der Waals surface area contributed by atoms with Crippen molar-refractivity contribution in [3.8, 4) is 0 Å². The minimum Gasteiger partial charge on any atom is -0.481 e. The third-order valence-electron chi connectivity index (χ3n) is 3.88. The maximum absolute atomic E-state index is 11.3. The number of aliphatic carboxylic acids is 1. The fourth-order valence-electron chi connectivity index (χ4n) is 2.47.